The van der Waals surface area contributed by atoms with E-state index in [9.17, 15) is 22.4 Å². The summed E-state index contributed by atoms with van der Waals surface area (Å²) in [5, 5.41) is 3.23. The molecule has 1 aromatic heterocycles. The molecule has 1 aromatic carbocycles. The Hall–Kier alpha value is -2.65. The van der Waals surface area contributed by atoms with E-state index in [2.05, 4.69) is 14.7 Å². The quantitative estimate of drug-likeness (QED) is 0.732. The number of carbonyl (C=O) groups excluding carboxylic acids is 1. The maximum absolute atomic E-state index is 14.5. The molecular formula is C15H13F4N3O3. The van der Waals surface area contributed by atoms with E-state index in [1.54, 1.807) is 6.92 Å². The number of benzene rings is 1. The van der Waals surface area contributed by atoms with Gasteiger partial charge in [-0.2, -0.15) is 18.2 Å². The van der Waals surface area contributed by atoms with Crippen LogP contribution >= 0.6 is 0 Å². The van der Waals surface area contributed by atoms with E-state index >= 15 is 0 Å². The van der Waals surface area contributed by atoms with Gasteiger partial charge >= 0.3 is 12.1 Å². The summed E-state index contributed by atoms with van der Waals surface area (Å²) in [5.74, 6) is -2.76. The van der Waals surface area contributed by atoms with Gasteiger partial charge in [0.05, 0.1) is 12.6 Å². The Kier molecular flexibility index (Phi) is 4.13. The molecule has 25 heavy (non-hydrogen) atoms. The Balaban J connectivity index is 2.00. The standard InChI is InChI=1S/C15H13F4N3O3/c1-7-6-24-12-4-9(13-20-14(25-21-13)15(17,18)19)3-11(16)10(12)5-22(7)8(2)23/h3-4,7H,5-6H2,1-2H3. The first-order chi connectivity index (χ1) is 11.7. The zero-order valence-corrected chi connectivity index (χ0v) is 13.2. The SMILES string of the molecule is CC(=O)N1Cc2c(F)cc(-c3noc(C(F)(F)F)n3)cc2OCC1C. The largest absolute Gasteiger partial charge is 0.491 e. The fourth-order valence-corrected chi connectivity index (χ4v) is 2.53. The second-order valence-corrected chi connectivity index (χ2v) is 5.66. The number of nitrogens with zero attached hydrogens (tertiary/aromatic N) is 3. The summed E-state index contributed by atoms with van der Waals surface area (Å²) >= 11 is 0. The van der Waals surface area contributed by atoms with Crippen LogP contribution in [0.1, 0.15) is 25.3 Å². The third-order valence-electron chi connectivity index (χ3n) is 3.83. The van der Waals surface area contributed by atoms with Gasteiger partial charge < -0.3 is 14.2 Å². The third-order valence-corrected chi connectivity index (χ3v) is 3.83. The summed E-state index contributed by atoms with van der Waals surface area (Å²) in [5.41, 5.74) is 0.127. The molecule has 2 aromatic rings. The monoisotopic (exact) mass is 359 g/mol. The van der Waals surface area contributed by atoms with Gasteiger partial charge in [0.15, 0.2) is 0 Å². The number of aromatic nitrogens is 2. The van der Waals surface area contributed by atoms with Crippen LogP contribution in [-0.4, -0.2) is 33.6 Å². The predicted octanol–water partition coefficient (Wildman–Crippen LogP) is 3.02. The predicted molar refractivity (Wildman–Crippen MR) is 75.9 cm³/mol. The average molecular weight is 359 g/mol. The number of fused-ring (bicyclic) bond motifs is 1. The lowest BCUT2D eigenvalue weighted by Crippen LogP contribution is -2.38. The van der Waals surface area contributed by atoms with Crippen LogP contribution in [0, 0.1) is 5.82 Å². The number of ether oxygens (including phenoxy) is 1. The van der Waals surface area contributed by atoms with Crippen molar-refractivity contribution in [3.63, 3.8) is 0 Å². The van der Waals surface area contributed by atoms with Gasteiger partial charge in [0.25, 0.3) is 0 Å². The van der Waals surface area contributed by atoms with Gasteiger partial charge in [-0.25, -0.2) is 4.39 Å². The second-order valence-electron chi connectivity index (χ2n) is 5.66. The minimum atomic E-state index is -4.79. The van der Waals surface area contributed by atoms with Crippen LogP contribution in [0.3, 0.4) is 0 Å². The first-order valence-electron chi connectivity index (χ1n) is 7.30. The topological polar surface area (TPSA) is 68.5 Å². The third kappa shape index (κ3) is 3.28. The lowest BCUT2D eigenvalue weighted by Gasteiger charge is -2.24. The Labute approximate surface area is 139 Å². The Morgan fingerprint density at radius 3 is 2.68 bits per heavy atom. The molecule has 1 aliphatic heterocycles. The molecule has 0 bridgehead atoms. The fraction of sp³-hybridized carbons (Fsp3) is 0.400. The smallest absolute Gasteiger partial charge is 0.471 e. The molecule has 0 saturated carbocycles. The van der Waals surface area contributed by atoms with E-state index in [0.29, 0.717) is 0 Å². The molecular weight excluding hydrogens is 346 g/mol. The van der Waals surface area contributed by atoms with Gasteiger partial charge in [0.1, 0.15) is 18.2 Å². The van der Waals surface area contributed by atoms with E-state index in [4.69, 9.17) is 4.74 Å². The molecule has 1 unspecified atom stereocenters. The maximum Gasteiger partial charge on any atom is 0.471 e. The molecule has 0 aliphatic carbocycles. The summed E-state index contributed by atoms with van der Waals surface area (Å²) in [6, 6.07) is 2.04. The van der Waals surface area contributed by atoms with Crippen LogP contribution in [0.15, 0.2) is 16.7 Å². The summed E-state index contributed by atoms with van der Waals surface area (Å²) in [4.78, 5) is 16.4. The van der Waals surface area contributed by atoms with Gasteiger partial charge in [-0.15, -0.1) is 0 Å². The molecule has 0 fully saturated rings. The van der Waals surface area contributed by atoms with E-state index in [1.165, 1.54) is 17.9 Å². The van der Waals surface area contributed by atoms with Gasteiger partial charge in [0.2, 0.25) is 11.7 Å². The Morgan fingerprint density at radius 1 is 1.36 bits per heavy atom. The number of halogens is 4. The first kappa shape index (κ1) is 17.2. The zero-order valence-electron chi connectivity index (χ0n) is 13.2. The molecule has 0 spiro atoms. The van der Waals surface area contributed by atoms with Crippen LogP contribution in [-0.2, 0) is 17.5 Å². The van der Waals surface area contributed by atoms with Gasteiger partial charge in [-0.05, 0) is 19.1 Å². The van der Waals surface area contributed by atoms with Crippen LogP contribution < -0.4 is 4.74 Å². The van der Waals surface area contributed by atoms with E-state index in [1.807, 2.05) is 0 Å². The number of rotatable bonds is 1. The summed E-state index contributed by atoms with van der Waals surface area (Å²) in [7, 11) is 0. The van der Waals surface area contributed by atoms with Crippen LogP contribution in [0.5, 0.6) is 5.75 Å². The number of amides is 1. The molecule has 10 heteroatoms. The molecule has 0 radical (unpaired) electrons. The van der Waals surface area contributed by atoms with Crippen molar-refractivity contribution in [1.29, 1.82) is 0 Å². The number of carbonyl (C=O) groups is 1. The summed E-state index contributed by atoms with van der Waals surface area (Å²) < 4.78 is 61.8. The fourth-order valence-electron chi connectivity index (χ4n) is 2.53. The van der Waals surface area contributed by atoms with E-state index in [-0.39, 0.29) is 42.0 Å². The van der Waals surface area contributed by atoms with Crippen molar-refractivity contribution in [3.8, 4) is 17.1 Å². The van der Waals surface area contributed by atoms with Crippen LogP contribution in [0.25, 0.3) is 11.4 Å². The Morgan fingerprint density at radius 2 is 2.08 bits per heavy atom. The van der Waals surface area contributed by atoms with Gasteiger partial charge in [-0.1, -0.05) is 5.16 Å². The van der Waals surface area contributed by atoms with Crippen LogP contribution in [0.2, 0.25) is 0 Å². The highest BCUT2D eigenvalue weighted by molar-refractivity contribution is 5.74. The molecule has 1 atom stereocenters. The summed E-state index contributed by atoms with van der Waals surface area (Å²) in [6.07, 6.45) is -4.79. The molecule has 1 aliphatic rings. The van der Waals surface area contributed by atoms with Crippen molar-refractivity contribution in [1.82, 2.24) is 15.0 Å². The molecule has 1 amide bonds. The van der Waals surface area contributed by atoms with Crippen molar-refractivity contribution in [2.75, 3.05) is 6.61 Å². The number of hydrogen-bond donors (Lipinski definition) is 0. The van der Waals surface area contributed by atoms with E-state index < -0.39 is 23.7 Å². The molecule has 3 rings (SSSR count). The van der Waals surface area contributed by atoms with Gasteiger partial charge in [-0.3, -0.25) is 4.79 Å². The van der Waals surface area contributed by atoms with Crippen molar-refractivity contribution in [2.45, 2.75) is 32.6 Å². The Bertz CT molecular complexity index is 819. The molecule has 2 heterocycles. The maximum atomic E-state index is 14.5. The number of alkyl halides is 3. The van der Waals surface area contributed by atoms with Crippen molar-refractivity contribution in [3.05, 3.63) is 29.4 Å². The minimum Gasteiger partial charge on any atom is -0.491 e. The first-order valence-corrected chi connectivity index (χ1v) is 7.30. The highest BCUT2D eigenvalue weighted by atomic mass is 19.4. The van der Waals surface area contributed by atoms with Gasteiger partial charge in [0, 0.05) is 18.1 Å². The highest BCUT2D eigenvalue weighted by Crippen LogP contribution is 2.34. The summed E-state index contributed by atoms with van der Waals surface area (Å²) in [6.45, 7) is 3.24. The molecule has 0 saturated heterocycles. The van der Waals surface area contributed by atoms with Crippen molar-refractivity contribution >= 4 is 5.91 Å². The molecule has 0 N–H and O–H groups in total. The van der Waals surface area contributed by atoms with Crippen LogP contribution in [0.4, 0.5) is 17.6 Å². The molecule has 6 nitrogen and oxygen atoms in total. The lowest BCUT2D eigenvalue weighted by molar-refractivity contribution is -0.159. The average Bonchev–Trinajstić information content (AvgIpc) is 2.94. The lowest BCUT2D eigenvalue weighted by atomic mass is 10.1. The number of hydrogen-bond acceptors (Lipinski definition) is 5. The zero-order chi connectivity index (χ0) is 18.4. The second kappa shape index (κ2) is 6.01. The molecule has 134 valence electrons. The van der Waals surface area contributed by atoms with Crippen molar-refractivity contribution in [2.24, 2.45) is 0 Å². The highest BCUT2D eigenvalue weighted by Gasteiger charge is 2.38. The minimum absolute atomic E-state index is 0.00199. The van der Waals surface area contributed by atoms with Crippen molar-refractivity contribution < 1.29 is 31.6 Å². The normalized spacial score (nSPS) is 17.7. The van der Waals surface area contributed by atoms with E-state index in [0.717, 1.165) is 6.07 Å².